The van der Waals surface area contributed by atoms with Gasteiger partial charge in [0, 0.05) is 23.7 Å². The number of nitrogens with one attached hydrogen (secondary N) is 4. The Balaban J connectivity index is 1.60. The molecular weight excluding hydrogens is 532 g/mol. The largest absolute Gasteiger partial charge is 0.351 e. The molecule has 1 aliphatic rings. The van der Waals surface area contributed by atoms with Crippen LogP contribution in [0.5, 0.6) is 0 Å². The van der Waals surface area contributed by atoms with Crippen LogP contribution < -0.4 is 21.3 Å². The van der Waals surface area contributed by atoms with Gasteiger partial charge in [0.05, 0.1) is 12.1 Å². The molecule has 208 valence electrons. The predicted octanol–water partition coefficient (Wildman–Crippen LogP) is 4.02. The SMILES string of the molecule is CC(C)C[C@@H]1NC(=O)CCCNCCCNC(=O)c2csc(n2)[C@H](Cc2ccccc2)NC(=O)c2csc1n2. The number of amides is 3. The van der Waals surface area contributed by atoms with Crippen LogP contribution in [0.2, 0.25) is 0 Å². The third kappa shape index (κ3) is 8.67. The second-order valence-corrected chi connectivity index (χ2v) is 11.8. The van der Waals surface area contributed by atoms with Gasteiger partial charge in [0.25, 0.3) is 11.8 Å². The summed E-state index contributed by atoms with van der Waals surface area (Å²) < 4.78 is 0. The molecule has 1 aromatic carbocycles. The normalized spacial score (nSPS) is 20.0. The van der Waals surface area contributed by atoms with Gasteiger partial charge >= 0.3 is 0 Å². The number of thiazole rings is 2. The van der Waals surface area contributed by atoms with Crippen LogP contribution in [-0.2, 0) is 11.2 Å². The maximum absolute atomic E-state index is 13.4. The van der Waals surface area contributed by atoms with Crippen molar-refractivity contribution in [2.24, 2.45) is 5.92 Å². The van der Waals surface area contributed by atoms with E-state index in [1.807, 2.05) is 30.3 Å². The van der Waals surface area contributed by atoms with Crippen molar-refractivity contribution < 1.29 is 14.4 Å². The fourth-order valence-corrected chi connectivity index (χ4v) is 6.06. The highest BCUT2D eigenvalue weighted by Crippen LogP contribution is 2.27. The van der Waals surface area contributed by atoms with Gasteiger partial charge in [-0.1, -0.05) is 44.2 Å². The van der Waals surface area contributed by atoms with Gasteiger partial charge in [-0.3, -0.25) is 14.4 Å². The number of carbonyl (C=O) groups excluding carboxylic acids is 3. The molecule has 3 heterocycles. The number of hydrogen-bond acceptors (Lipinski definition) is 8. The van der Waals surface area contributed by atoms with E-state index in [-0.39, 0.29) is 23.8 Å². The number of hydrogen-bond donors (Lipinski definition) is 4. The number of aromatic nitrogens is 2. The second-order valence-electron chi connectivity index (χ2n) is 10.1. The van der Waals surface area contributed by atoms with Gasteiger partial charge in [0.2, 0.25) is 5.91 Å². The molecule has 9 nitrogen and oxygen atoms in total. The zero-order valence-electron chi connectivity index (χ0n) is 22.4. The quantitative estimate of drug-likeness (QED) is 0.377. The van der Waals surface area contributed by atoms with E-state index in [0.29, 0.717) is 48.1 Å². The summed E-state index contributed by atoms with van der Waals surface area (Å²) >= 11 is 2.74. The van der Waals surface area contributed by atoms with E-state index in [1.54, 1.807) is 10.8 Å². The Bertz CT molecular complexity index is 1240. The molecule has 3 aromatic rings. The predicted molar refractivity (Wildman–Crippen MR) is 154 cm³/mol. The first-order valence-corrected chi connectivity index (χ1v) is 15.2. The molecule has 4 rings (SSSR count). The number of rotatable bonds is 4. The lowest BCUT2D eigenvalue weighted by molar-refractivity contribution is -0.122. The molecule has 4 N–H and O–H groups in total. The minimum Gasteiger partial charge on any atom is -0.351 e. The van der Waals surface area contributed by atoms with Gasteiger partial charge in [0.1, 0.15) is 21.4 Å². The summed E-state index contributed by atoms with van der Waals surface area (Å²) in [5.74, 6) is -0.223. The van der Waals surface area contributed by atoms with Crippen LogP contribution in [0.25, 0.3) is 0 Å². The van der Waals surface area contributed by atoms with Crippen molar-refractivity contribution in [1.29, 1.82) is 0 Å². The Morgan fingerprint density at radius 2 is 1.51 bits per heavy atom. The fourth-order valence-electron chi connectivity index (χ4n) is 4.35. The molecule has 0 unspecified atom stereocenters. The summed E-state index contributed by atoms with van der Waals surface area (Å²) in [6, 6.07) is 9.18. The Labute approximate surface area is 237 Å². The Morgan fingerprint density at radius 3 is 2.23 bits per heavy atom. The van der Waals surface area contributed by atoms with Gasteiger partial charge in [-0.2, -0.15) is 0 Å². The molecule has 2 atom stereocenters. The lowest BCUT2D eigenvalue weighted by Gasteiger charge is -2.19. The molecule has 0 saturated carbocycles. The van der Waals surface area contributed by atoms with Crippen molar-refractivity contribution >= 4 is 40.4 Å². The van der Waals surface area contributed by atoms with E-state index in [0.717, 1.165) is 36.5 Å². The highest BCUT2D eigenvalue weighted by atomic mass is 32.1. The van der Waals surface area contributed by atoms with Crippen LogP contribution in [0, 0.1) is 5.92 Å². The molecule has 0 saturated heterocycles. The van der Waals surface area contributed by atoms with E-state index in [9.17, 15) is 14.4 Å². The molecule has 3 amide bonds. The minimum absolute atomic E-state index is 0.0240. The minimum atomic E-state index is -0.430. The second kappa shape index (κ2) is 14.3. The summed E-state index contributed by atoms with van der Waals surface area (Å²) in [4.78, 5) is 48.0. The molecule has 11 heteroatoms. The third-order valence-electron chi connectivity index (χ3n) is 6.31. The third-order valence-corrected chi connectivity index (χ3v) is 8.23. The highest BCUT2D eigenvalue weighted by Gasteiger charge is 2.25. The van der Waals surface area contributed by atoms with E-state index >= 15 is 0 Å². The number of benzene rings is 1. The zero-order chi connectivity index (χ0) is 27.6. The molecule has 0 radical (unpaired) electrons. The summed E-state index contributed by atoms with van der Waals surface area (Å²) in [5, 5.41) is 17.3. The topological polar surface area (TPSA) is 125 Å². The van der Waals surface area contributed by atoms with E-state index < -0.39 is 6.04 Å². The van der Waals surface area contributed by atoms with Crippen LogP contribution in [-0.4, -0.2) is 47.3 Å². The summed E-state index contributed by atoms with van der Waals surface area (Å²) in [7, 11) is 0. The lowest BCUT2D eigenvalue weighted by Crippen LogP contribution is -2.31. The van der Waals surface area contributed by atoms with Crippen molar-refractivity contribution in [2.45, 2.75) is 58.0 Å². The van der Waals surface area contributed by atoms with Crippen molar-refractivity contribution in [3.8, 4) is 0 Å². The Hall–Kier alpha value is -3.15. The molecule has 39 heavy (non-hydrogen) atoms. The van der Waals surface area contributed by atoms with Gasteiger partial charge in [0.15, 0.2) is 0 Å². The number of carbonyl (C=O) groups is 3. The smallest absolute Gasteiger partial charge is 0.271 e. The van der Waals surface area contributed by atoms with Crippen molar-refractivity contribution in [3.63, 3.8) is 0 Å². The average molecular weight is 569 g/mol. The summed E-state index contributed by atoms with van der Waals surface area (Å²) in [6.07, 6.45) is 3.14. The monoisotopic (exact) mass is 568 g/mol. The fraction of sp³-hybridized carbons (Fsp3) is 0.464. The average Bonchev–Trinajstić information content (AvgIpc) is 3.60. The first-order chi connectivity index (χ1) is 18.9. The van der Waals surface area contributed by atoms with Gasteiger partial charge in [-0.25, -0.2) is 9.97 Å². The highest BCUT2D eigenvalue weighted by molar-refractivity contribution is 7.10. The van der Waals surface area contributed by atoms with Gasteiger partial charge < -0.3 is 21.3 Å². The van der Waals surface area contributed by atoms with Gasteiger partial charge in [-0.05, 0) is 50.3 Å². The summed E-state index contributed by atoms with van der Waals surface area (Å²) in [6.45, 7) is 6.19. The number of fused-ring (bicyclic) bond motifs is 4. The molecule has 4 bridgehead atoms. The van der Waals surface area contributed by atoms with Crippen LogP contribution in [0.15, 0.2) is 41.1 Å². The van der Waals surface area contributed by atoms with Crippen molar-refractivity contribution in [1.82, 2.24) is 31.2 Å². The van der Waals surface area contributed by atoms with Crippen LogP contribution in [0.1, 0.15) is 88.2 Å². The van der Waals surface area contributed by atoms with E-state index in [4.69, 9.17) is 0 Å². The molecule has 0 fully saturated rings. The lowest BCUT2D eigenvalue weighted by atomic mass is 10.0. The van der Waals surface area contributed by atoms with E-state index in [2.05, 4.69) is 45.1 Å². The molecule has 2 aromatic heterocycles. The van der Waals surface area contributed by atoms with Crippen LogP contribution in [0.3, 0.4) is 0 Å². The maximum Gasteiger partial charge on any atom is 0.271 e. The molecule has 0 spiro atoms. The van der Waals surface area contributed by atoms with Crippen LogP contribution >= 0.6 is 22.7 Å². The van der Waals surface area contributed by atoms with E-state index in [1.165, 1.54) is 22.7 Å². The molecule has 0 aliphatic carbocycles. The Morgan fingerprint density at radius 1 is 0.846 bits per heavy atom. The first-order valence-electron chi connectivity index (χ1n) is 13.4. The zero-order valence-corrected chi connectivity index (χ0v) is 24.0. The van der Waals surface area contributed by atoms with Crippen molar-refractivity contribution in [3.05, 3.63) is 68.1 Å². The number of nitrogens with zero attached hydrogens (tertiary/aromatic N) is 2. The van der Waals surface area contributed by atoms with Gasteiger partial charge in [-0.15, -0.1) is 22.7 Å². The first kappa shape index (κ1) is 28.8. The Kier molecular flexibility index (Phi) is 10.6. The maximum atomic E-state index is 13.4. The molecule has 1 aliphatic heterocycles. The van der Waals surface area contributed by atoms with Crippen LogP contribution in [0.4, 0.5) is 0 Å². The molecular formula is C28H36N6O3S2. The van der Waals surface area contributed by atoms with Crippen molar-refractivity contribution in [2.75, 3.05) is 19.6 Å². The standard InChI is InChI=1S/C28H36N6O3S2/c1-18(2)14-20-27-34-23(17-39-27)26(37)32-21(15-19-8-4-3-5-9-19)28-33-22(16-38-28)25(36)30-13-7-12-29-11-6-10-24(35)31-20/h3-5,8-9,16-18,20-21,29H,6-7,10-15H2,1-2H3,(H,30,36)(H,31,35)(H,32,37)/t20-,21-/m0/s1. The summed E-state index contributed by atoms with van der Waals surface area (Å²) in [5.41, 5.74) is 1.69.